The highest BCUT2D eigenvalue weighted by atomic mass is 16.5. The van der Waals surface area contributed by atoms with Crippen LogP contribution in [0.25, 0.3) is 0 Å². The van der Waals surface area contributed by atoms with Gasteiger partial charge in [-0.05, 0) is 37.5 Å². The van der Waals surface area contributed by atoms with E-state index in [4.69, 9.17) is 9.72 Å². The highest BCUT2D eigenvalue weighted by molar-refractivity contribution is 5.65. The SMILES string of the molecule is COc1c(C)nc2c(c1C#CC(C)CCC[C@H](C)CCC[C@H](C)CCCC(C)C)CCN2C. The number of rotatable bonds is 13. The molecule has 186 valence electrons. The molecule has 1 aliphatic rings. The maximum absolute atomic E-state index is 5.68. The van der Waals surface area contributed by atoms with E-state index in [1.54, 1.807) is 7.11 Å². The van der Waals surface area contributed by atoms with Crippen molar-refractivity contribution in [1.82, 2.24) is 4.98 Å². The molecule has 0 bridgehead atoms. The second kappa shape index (κ2) is 13.9. The van der Waals surface area contributed by atoms with E-state index in [1.807, 2.05) is 6.92 Å². The Morgan fingerprint density at radius 1 is 0.909 bits per heavy atom. The van der Waals surface area contributed by atoms with E-state index < -0.39 is 0 Å². The molecule has 1 aliphatic heterocycles. The van der Waals surface area contributed by atoms with Gasteiger partial charge in [0.15, 0.2) is 5.75 Å². The van der Waals surface area contributed by atoms with Crippen molar-refractivity contribution >= 4 is 5.82 Å². The van der Waals surface area contributed by atoms with E-state index in [0.29, 0.717) is 5.92 Å². The van der Waals surface area contributed by atoms with Gasteiger partial charge in [0, 0.05) is 25.1 Å². The van der Waals surface area contributed by atoms with Gasteiger partial charge in [0.2, 0.25) is 0 Å². The lowest BCUT2D eigenvalue weighted by Crippen LogP contribution is -2.14. The summed E-state index contributed by atoms with van der Waals surface area (Å²) >= 11 is 0. The lowest BCUT2D eigenvalue weighted by Gasteiger charge is -2.15. The molecule has 2 rings (SSSR count). The molecule has 1 aromatic heterocycles. The Balaban J connectivity index is 1.76. The Bertz CT molecular complexity index is 789. The van der Waals surface area contributed by atoms with Crippen LogP contribution < -0.4 is 9.64 Å². The summed E-state index contributed by atoms with van der Waals surface area (Å²) in [5.41, 5.74) is 3.25. The predicted molar refractivity (Wildman–Crippen MR) is 143 cm³/mol. The number of anilines is 1. The Kier molecular flexibility index (Phi) is 11.6. The molecular weight excluding hydrogens is 404 g/mol. The van der Waals surface area contributed by atoms with Crippen molar-refractivity contribution in [3.63, 3.8) is 0 Å². The fraction of sp³-hybridized carbons (Fsp3) is 0.767. The van der Waals surface area contributed by atoms with Gasteiger partial charge in [0.1, 0.15) is 5.82 Å². The normalized spacial score (nSPS) is 15.7. The molecule has 0 aromatic carbocycles. The number of aryl methyl sites for hydroxylation is 1. The summed E-state index contributed by atoms with van der Waals surface area (Å²) in [6, 6.07) is 0. The van der Waals surface area contributed by atoms with Crippen LogP contribution in [0.5, 0.6) is 5.75 Å². The summed E-state index contributed by atoms with van der Waals surface area (Å²) in [5, 5.41) is 0. The zero-order valence-corrected chi connectivity index (χ0v) is 22.9. The first kappa shape index (κ1) is 27.6. The van der Waals surface area contributed by atoms with Crippen molar-refractivity contribution in [2.24, 2.45) is 23.7 Å². The lowest BCUT2D eigenvalue weighted by atomic mass is 9.91. The van der Waals surface area contributed by atoms with E-state index in [0.717, 1.165) is 53.5 Å². The second-order valence-electron chi connectivity index (χ2n) is 11.1. The molecule has 0 saturated carbocycles. The zero-order chi connectivity index (χ0) is 24.4. The van der Waals surface area contributed by atoms with Crippen LogP contribution in [0.4, 0.5) is 5.82 Å². The first-order valence-electron chi connectivity index (χ1n) is 13.5. The van der Waals surface area contributed by atoms with Gasteiger partial charge in [-0.3, -0.25) is 0 Å². The third-order valence-corrected chi connectivity index (χ3v) is 7.31. The Labute approximate surface area is 205 Å². The van der Waals surface area contributed by atoms with Gasteiger partial charge >= 0.3 is 0 Å². The van der Waals surface area contributed by atoms with E-state index in [-0.39, 0.29) is 0 Å². The van der Waals surface area contributed by atoms with Crippen molar-refractivity contribution in [1.29, 1.82) is 0 Å². The van der Waals surface area contributed by atoms with E-state index >= 15 is 0 Å². The van der Waals surface area contributed by atoms with Crippen LogP contribution in [-0.2, 0) is 6.42 Å². The first-order valence-corrected chi connectivity index (χ1v) is 13.5. The molecule has 0 fully saturated rings. The maximum atomic E-state index is 5.68. The van der Waals surface area contributed by atoms with E-state index in [2.05, 4.69) is 58.4 Å². The fourth-order valence-corrected chi connectivity index (χ4v) is 5.04. The number of pyridine rings is 1. The van der Waals surface area contributed by atoms with Crippen LogP contribution in [0.2, 0.25) is 0 Å². The molecule has 0 spiro atoms. The third-order valence-electron chi connectivity index (χ3n) is 7.31. The van der Waals surface area contributed by atoms with Gasteiger partial charge in [-0.2, -0.15) is 0 Å². The number of aromatic nitrogens is 1. The molecule has 1 aromatic rings. The monoisotopic (exact) mass is 454 g/mol. The molecule has 0 aliphatic carbocycles. The Morgan fingerprint density at radius 2 is 1.48 bits per heavy atom. The molecule has 33 heavy (non-hydrogen) atoms. The molecule has 3 nitrogen and oxygen atoms in total. The molecule has 3 heteroatoms. The summed E-state index contributed by atoms with van der Waals surface area (Å²) in [6.45, 7) is 14.8. The number of fused-ring (bicyclic) bond motifs is 1. The van der Waals surface area contributed by atoms with Gasteiger partial charge < -0.3 is 9.64 Å². The molecule has 0 saturated heterocycles. The number of methoxy groups -OCH3 is 1. The molecule has 2 heterocycles. The summed E-state index contributed by atoms with van der Waals surface area (Å²) < 4.78 is 5.68. The quantitative estimate of drug-likeness (QED) is 0.284. The molecule has 0 N–H and O–H groups in total. The first-order chi connectivity index (χ1) is 15.7. The minimum atomic E-state index is 0.408. The van der Waals surface area contributed by atoms with Crippen molar-refractivity contribution < 1.29 is 4.74 Å². The molecule has 0 amide bonds. The largest absolute Gasteiger partial charge is 0.494 e. The van der Waals surface area contributed by atoms with Crippen molar-refractivity contribution in [3.8, 4) is 17.6 Å². The smallest absolute Gasteiger partial charge is 0.156 e. The van der Waals surface area contributed by atoms with Gasteiger partial charge in [-0.1, -0.05) is 97.8 Å². The number of hydrogen-bond acceptors (Lipinski definition) is 3. The number of hydrogen-bond donors (Lipinski definition) is 0. The zero-order valence-electron chi connectivity index (χ0n) is 22.9. The lowest BCUT2D eigenvalue weighted by molar-refractivity contribution is 0.384. The summed E-state index contributed by atoms with van der Waals surface area (Å²) in [7, 11) is 3.84. The molecule has 3 atom stereocenters. The minimum Gasteiger partial charge on any atom is -0.494 e. The highest BCUT2D eigenvalue weighted by Crippen LogP contribution is 2.35. The van der Waals surface area contributed by atoms with Crippen LogP contribution in [0.1, 0.15) is 109 Å². The fourth-order valence-electron chi connectivity index (χ4n) is 5.04. The number of ether oxygens (including phenoxy) is 1. The second-order valence-corrected chi connectivity index (χ2v) is 11.1. The minimum absolute atomic E-state index is 0.408. The highest BCUT2D eigenvalue weighted by Gasteiger charge is 2.24. The van der Waals surface area contributed by atoms with Crippen molar-refractivity contribution in [2.75, 3.05) is 25.6 Å². The number of likely N-dealkylation sites (N-methyl/N-ethyl adjacent to an activating group) is 1. The standard InChI is InChI=1S/C30H50N2O/c1-22(2)12-9-13-23(3)14-10-15-24(4)16-11-17-25(5)18-19-27-28-20-21-32(7)30(28)31-26(6)29(27)33-8/h22-25H,9-17,20-21H2,1-8H3/t23-,24-,25?/m1/s1. The van der Waals surface area contributed by atoms with Crippen LogP contribution >= 0.6 is 0 Å². The van der Waals surface area contributed by atoms with Gasteiger partial charge in [0.25, 0.3) is 0 Å². The summed E-state index contributed by atoms with van der Waals surface area (Å²) in [4.78, 5) is 6.98. The van der Waals surface area contributed by atoms with Crippen LogP contribution in [0, 0.1) is 42.4 Å². The van der Waals surface area contributed by atoms with Crippen LogP contribution in [0.3, 0.4) is 0 Å². The molecule has 0 radical (unpaired) electrons. The Hall–Kier alpha value is -1.69. The Morgan fingerprint density at radius 3 is 2.06 bits per heavy atom. The van der Waals surface area contributed by atoms with Crippen molar-refractivity contribution in [3.05, 3.63) is 16.8 Å². The maximum Gasteiger partial charge on any atom is 0.156 e. The van der Waals surface area contributed by atoms with Crippen molar-refractivity contribution in [2.45, 2.75) is 106 Å². The topological polar surface area (TPSA) is 25.4 Å². The summed E-state index contributed by atoms with van der Waals surface area (Å²) in [5.74, 6) is 11.9. The molecular formula is C30H50N2O. The van der Waals surface area contributed by atoms with Crippen LogP contribution in [-0.4, -0.2) is 25.7 Å². The average Bonchev–Trinajstić information content (AvgIpc) is 3.11. The number of nitrogens with zero attached hydrogens (tertiary/aromatic N) is 2. The summed E-state index contributed by atoms with van der Waals surface area (Å²) in [6.07, 6.45) is 13.1. The van der Waals surface area contributed by atoms with Gasteiger partial charge in [0.05, 0.1) is 18.4 Å². The molecule has 1 unspecified atom stereocenters. The average molecular weight is 455 g/mol. The van der Waals surface area contributed by atoms with Gasteiger partial charge in [-0.25, -0.2) is 4.98 Å². The third kappa shape index (κ3) is 8.88. The van der Waals surface area contributed by atoms with Crippen LogP contribution in [0.15, 0.2) is 0 Å². The predicted octanol–water partition coefficient (Wildman–Crippen LogP) is 7.82. The van der Waals surface area contributed by atoms with E-state index in [9.17, 15) is 0 Å². The van der Waals surface area contributed by atoms with Gasteiger partial charge in [-0.15, -0.1) is 0 Å². The van der Waals surface area contributed by atoms with E-state index in [1.165, 1.54) is 63.4 Å².